The lowest BCUT2D eigenvalue weighted by Crippen LogP contribution is -1.89. The molecule has 0 amide bonds. The van der Waals surface area contributed by atoms with E-state index in [1.165, 1.54) is 0 Å². The van der Waals surface area contributed by atoms with Gasteiger partial charge in [0.15, 0.2) is 5.76 Å². The molecule has 0 aliphatic heterocycles. The number of aromatic nitrogens is 2. The molecule has 0 unspecified atom stereocenters. The molecular formula is C29H18N2O2. The van der Waals surface area contributed by atoms with Crippen LogP contribution in [0.1, 0.15) is 18.2 Å². The van der Waals surface area contributed by atoms with E-state index in [4.69, 9.17) is 15.3 Å². The van der Waals surface area contributed by atoms with Gasteiger partial charge in [-0.25, -0.2) is 9.97 Å². The molecule has 0 radical (unpaired) electrons. The zero-order valence-electron chi connectivity index (χ0n) is 17.9. The third-order valence-corrected chi connectivity index (χ3v) is 5.83. The average Bonchev–Trinajstić information content (AvgIpc) is 3.41. The summed E-state index contributed by atoms with van der Waals surface area (Å²) in [7, 11) is 0. The highest BCUT2D eigenvalue weighted by atomic mass is 16.3. The fraction of sp³-hybridized carbons (Fsp3) is 0.0345. The van der Waals surface area contributed by atoms with E-state index >= 15 is 0 Å². The maximum atomic E-state index is 6.04. The van der Waals surface area contributed by atoms with Crippen LogP contribution in [0.25, 0.3) is 61.5 Å². The Morgan fingerprint density at radius 3 is 2.15 bits per heavy atom. The van der Waals surface area contributed by atoms with Gasteiger partial charge in [-0.05, 0) is 49.2 Å². The summed E-state index contributed by atoms with van der Waals surface area (Å²) in [5, 5.41) is 3.18. The Kier molecular flexibility index (Phi) is 4.34. The molecule has 0 bridgehead atoms. The van der Waals surface area contributed by atoms with Crippen molar-refractivity contribution in [3.05, 3.63) is 90.5 Å². The minimum absolute atomic E-state index is 0.530. The maximum absolute atomic E-state index is 6.04. The monoisotopic (exact) mass is 426 g/mol. The summed E-state index contributed by atoms with van der Waals surface area (Å²) in [6.07, 6.45) is 11.1. The molecule has 0 aliphatic carbocycles. The van der Waals surface area contributed by atoms with E-state index in [0.717, 1.165) is 61.0 Å². The summed E-state index contributed by atoms with van der Waals surface area (Å²) in [5.41, 5.74) is 6.89. The average molecular weight is 426 g/mol. The molecule has 0 N–H and O–H groups in total. The van der Waals surface area contributed by atoms with Crippen LogP contribution >= 0.6 is 0 Å². The molecule has 0 spiro atoms. The van der Waals surface area contributed by atoms with Crippen molar-refractivity contribution in [1.82, 2.24) is 9.97 Å². The van der Waals surface area contributed by atoms with E-state index in [9.17, 15) is 0 Å². The summed E-state index contributed by atoms with van der Waals surface area (Å²) >= 11 is 0. The smallest absolute Gasteiger partial charge is 0.185 e. The van der Waals surface area contributed by atoms with Gasteiger partial charge >= 0.3 is 0 Å². The van der Waals surface area contributed by atoms with Crippen LogP contribution in [0.2, 0.25) is 0 Å². The van der Waals surface area contributed by atoms with Gasteiger partial charge in [0, 0.05) is 32.8 Å². The first-order valence-corrected chi connectivity index (χ1v) is 10.6. The Labute approximate surface area is 190 Å². The van der Waals surface area contributed by atoms with E-state index in [1.807, 2.05) is 67.6 Å². The molecule has 4 nitrogen and oxygen atoms in total. The van der Waals surface area contributed by atoms with E-state index in [2.05, 4.69) is 34.1 Å². The van der Waals surface area contributed by atoms with E-state index < -0.39 is 0 Å². The molecular weight excluding hydrogens is 408 g/mol. The molecule has 0 saturated carbocycles. The van der Waals surface area contributed by atoms with Crippen LogP contribution in [-0.4, -0.2) is 9.97 Å². The van der Waals surface area contributed by atoms with Crippen molar-refractivity contribution in [1.29, 1.82) is 0 Å². The summed E-state index contributed by atoms with van der Waals surface area (Å²) in [4.78, 5) is 9.00. The number of hydrogen-bond donors (Lipinski definition) is 0. The zero-order valence-corrected chi connectivity index (χ0v) is 17.9. The summed E-state index contributed by atoms with van der Waals surface area (Å²) in [6.45, 7) is 1.96. The summed E-state index contributed by atoms with van der Waals surface area (Å²) < 4.78 is 12.0. The first-order valence-electron chi connectivity index (χ1n) is 10.6. The van der Waals surface area contributed by atoms with Crippen molar-refractivity contribution in [2.45, 2.75) is 6.92 Å². The van der Waals surface area contributed by atoms with Gasteiger partial charge in [0.05, 0.1) is 11.4 Å². The molecule has 3 heterocycles. The van der Waals surface area contributed by atoms with E-state index in [0.29, 0.717) is 5.76 Å². The SMILES string of the molecule is C#Cc1oc2cc(-c3cc(-c4ccc5c(c4)oc4ccccc45)ncn3)ccc2c1/C=C\C. The Hall–Kier alpha value is -4.62. The summed E-state index contributed by atoms with van der Waals surface area (Å²) in [5.74, 6) is 3.16. The van der Waals surface area contributed by atoms with Gasteiger partial charge in [-0.3, -0.25) is 0 Å². The van der Waals surface area contributed by atoms with Crippen molar-refractivity contribution in [2.75, 3.05) is 0 Å². The van der Waals surface area contributed by atoms with Crippen molar-refractivity contribution < 1.29 is 8.83 Å². The molecule has 6 aromatic rings. The van der Waals surface area contributed by atoms with Gasteiger partial charge in [0.2, 0.25) is 0 Å². The van der Waals surface area contributed by atoms with Gasteiger partial charge in [0.1, 0.15) is 23.1 Å². The first-order chi connectivity index (χ1) is 16.2. The number of para-hydroxylation sites is 1. The van der Waals surface area contributed by atoms with Crippen LogP contribution in [0.15, 0.2) is 88.0 Å². The third-order valence-electron chi connectivity index (χ3n) is 5.83. The second-order valence-corrected chi connectivity index (χ2v) is 7.80. The largest absolute Gasteiger partial charge is 0.456 e. The van der Waals surface area contributed by atoms with Crippen molar-refractivity contribution in [2.24, 2.45) is 0 Å². The van der Waals surface area contributed by atoms with Crippen LogP contribution in [0.4, 0.5) is 0 Å². The molecule has 0 aliphatic rings. The number of allylic oxidation sites excluding steroid dienone is 1. The van der Waals surface area contributed by atoms with Crippen molar-refractivity contribution in [3.8, 4) is 34.9 Å². The third kappa shape index (κ3) is 3.10. The molecule has 0 atom stereocenters. The van der Waals surface area contributed by atoms with Gasteiger partial charge < -0.3 is 8.83 Å². The van der Waals surface area contributed by atoms with E-state index in [-0.39, 0.29) is 0 Å². The van der Waals surface area contributed by atoms with Gasteiger partial charge in [-0.15, -0.1) is 6.42 Å². The molecule has 0 fully saturated rings. The van der Waals surface area contributed by atoms with Gasteiger partial charge in [-0.1, -0.05) is 42.5 Å². The molecule has 6 rings (SSSR count). The lowest BCUT2D eigenvalue weighted by atomic mass is 10.0. The number of rotatable bonds is 3. The van der Waals surface area contributed by atoms with Crippen LogP contribution in [-0.2, 0) is 0 Å². The molecule has 0 saturated heterocycles. The maximum Gasteiger partial charge on any atom is 0.185 e. The zero-order chi connectivity index (χ0) is 22.4. The quantitative estimate of drug-likeness (QED) is 0.275. The Balaban J connectivity index is 1.43. The number of fused-ring (bicyclic) bond motifs is 4. The minimum atomic E-state index is 0.530. The van der Waals surface area contributed by atoms with Crippen LogP contribution in [0, 0.1) is 12.3 Å². The molecule has 33 heavy (non-hydrogen) atoms. The van der Waals surface area contributed by atoms with Crippen LogP contribution in [0.3, 0.4) is 0 Å². The number of nitrogens with zero attached hydrogens (tertiary/aromatic N) is 2. The second kappa shape index (κ2) is 7.51. The van der Waals surface area contributed by atoms with E-state index in [1.54, 1.807) is 6.33 Å². The second-order valence-electron chi connectivity index (χ2n) is 7.80. The standard InChI is InChI=1S/C29H18N2O2/c1-3-7-20-22-12-10-18(14-28(22)32-26(20)4-2)24-16-25(31-17-30-24)19-11-13-23-21-8-5-6-9-27(21)33-29(23)15-19/h2-3,5-17H,1H3/b7-3-. The topological polar surface area (TPSA) is 52.1 Å². The highest BCUT2D eigenvalue weighted by Crippen LogP contribution is 2.34. The lowest BCUT2D eigenvalue weighted by molar-refractivity contribution is 0.600. The van der Waals surface area contributed by atoms with Crippen LogP contribution < -0.4 is 0 Å². The predicted molar refractivity (Wildman–Crippen MR) is 133 cm³/mol. The highest BCUT2D eigenvalue weighted by molar-refractivity contribution is 6.05. The van der Waals surface area contributed by atoms with Gasteiger partial charge in [0.25, 0.3) is 0 Å². The number of furan rings is 2. The van der Waals surface area contributed by atoms with Crippen molar-refractivity contribution >= 4 is 39.0 Å². The first kappa shape index (κ1) is 19.1. The molecule has 156 valence electrons. The fourth-order valence-electron chi connectivity index (χ4n) is 4.27. The number of benzene rings is 3. The normalized spacial score (nSPS) is 11.6. The Morgan fingerprint density at radius 1 is 0.758 bits per heavy atom. The fourth-order valence-corrected chi connectivity index (χ4v) is 4.27. The Morgan fingerprint density at radius 2 is 1.42 bits per heavy atom. The predicted octanol–water partition coefficient (Wildman–Crippen LogP) is 7.47. The molecule has 3 aromatic heterocycles. The lowest BCUT2D eigenvalue weighted by Gasteiger charge is -2.05. The highest BCUT2D eigenvalue weighted by Gasteiger charge is 2.13. The molecule has 4 heteroatoms. The number of hydrogen-bond acceptors (Lipinski definition) is 4. The van der Waals surface area contributed by atoms with Crippen molar-refractivity contribution in [3.63, 3.8) is 0 Å². The summed E-state index contributed by atoms with van der Waals surface area (Å²) in [6, 6.07) is 22.2. The number of terminal acetylenes is 1. The van der Waals surface area contributed by atoms with Gasteiger partial charge in [-0.2, -0.15) is 0 Å². The minimum Gasteiger partial charge on any atom is -0.456 e. The molecule has 3 aromatic carbocycles. The van der Waals surface area contributed by atoms with Crippen LogP contribution in [0.5, 0.6) is 0 Å². The Bertz CT molecular complexity index is 1750.